The van der Waals surface area contributed by atoms with E-state index >= 15 is 0 Å². The molecule has 1 aromatic heterocycles. The summed E-state index contributed by atoms with van der Waals surface area (Å²) in [5.74, 6) is 0.671. The van der Waals surface area contributed by atoms with Crippen molar-refractivity contribution in [1.29, 1.82) is 0 Å². The number of para-hydroxylation sites is 1. The maximum atomic E-state index is 11.0. The summed E-state index contributed by atoms with van der Waals surface area (Å²) in [6.07, 6.45) is 0. The number of rotatable bonds is 4. The second-order valence-corrected chi connectivity index (χ2v) is 4.08. The Balaban J connectivity index is 2.43. The van der Waals surface area contributed by atoms with Gasteiger partial charge < -0.3 is 10.6 Å². The van der Waals surface area contributed by atoms with Crippen LogP contribution in [0.4, 0.5) is 23.0 Å². The molecule has 1 aromatic carbocycles. The van der Waals surface area contributed by atoms with E-state index in [1.807, 2.05) is 0 Å². The molecule has 0 spiro atoms. The molecule has 98 valence electrons. The van der Waals surface area contributed by atoms with Gasteiger partial charge in [-0.2, -0.15) is 0 Å². The monoisotopic (exact) mass is 278 g/mol. The fourth-order valence-corrected chi connectivity index (χ4v) is 1.70. The van der Waals surface area contributed by atoms with Crippen molar-refractivity contribution in [3.05, 3.63) is 51.5 Å². The number of halogens is 1. The molecule has 0 saturated carbocycles. The van der Waals surface area contributed by atoms with Gasteiger partial charge in [0.1, 0.15) is 5.82 Å². The van der Waals surface area contributed by atoms with Gasteiger partial charge in [0.05, 0.1) is 15.6 Å². The Morgan fingerprint density at radius 1 is 1.26 bits per heavy atom. The molecular formula is C12H11ClN4O2. The molecule has 0 radical (unpaired) electrons. The molecule has 0 bridgehead atoms. The molecule has 0 unspecified atom stereocenters. The number of aromatic nitrogens is 1. The van der Waals surface area contributed by atoms with Gasteiger partial charge in [0.15, 0.2) is 0 Å². The zero-order chi connectivity index (χ0) is 13.8. The van der Waals surface area contributed by atoms with Crippen molar-refractivity contribution in [2.24, 2.45) is 0 Å². The first kappa shape index (κ1) is 13.1. The summed E-state index contributed by atoms with van der Waals surface area (Å²) in [6, 6.07) is 9.90. The lowest BCUT2D eigenvalue weighted by atomic mass is 10.3. The largest absolute Gasteiger partial charge is 0.373 e. The molecule has 0 aliphatic carbocycles. The number of benzene rings is 1. The SMILES string of the molecule is CNc1ccc([N+](=O)[O-])c(Nc2ccccc2Cl)n1. The first-order chi connectivity index (χ1) is 9.11. The lowest BCUT2D eigenvalue weighted by Crippen LogP contribution is -2.02. The molecule has 6 nitrogen and oxygen atoms in total. The standard InChI is InChI=1S/C12H11ClN4O2/c1-14-11-7-6-10(17(18)19)12(16-11)15-9-5-3-2-4-8(9)13/h2-7H,1H3,(H2,14,15,16). The van der Waals surface area contributed by atoms with E-state index in [1.165, 1.54) is 12.1 Å². The van der Waals surface area contributed by atoms with Gasteiger partial charge in [0.2, 0.25) is 5.82 Å². The third-order valence-corrected chi connectivity index (χ3v) is 2.78. The third kappa shape index (κ3) is 2.92. The average Bonchev–Trinajstić information content (AvgIpc) is 2.41. The summed E-state index contributed by atoms with van der Waals surface area (Å²) < 4.78 is 0. The quantitative estimate of drug-likeness (QED) is 0.661. The highest BCUT2D eigenvalue weighted by Crippen LogP contribution is 2.30. The number of nitrogens with one attached hydrogen (secondary N) is 2. The Kier molecular flexibility index (Phi) is 3.82. The Hall–Kier alpha value is -2.34. The van der Waals surface area contributed by atoms with Gasteiger partial charge in [0.25, 0.3) is 0 Å². The van der Waals surface area contributed by atoms with Crippen LogP contribution in [0.2, 0.25) is 5.02 Å². The smallest absolute Gasteiger partial charge is 0.311 e. The Morgan fingerprint density at radius 3 is 2.63 bits per heavy atom. The van der Waals surface area contributed by atoms with E-state index in [-0.39, 0.29) is 11.5 Å². The van der Waals surface area contributed by atoms with E-state index in [0.717, 1.165) is 0 Å². The minimum Gasteiger partial charge on any atom is -0.373 e. The molecule has 0 atom stereocenters. The molecule has 0 fully saturated rings. The Morgan fingerprint density at radius 2 is 2.00 bits per heavy atom. The summed E-state index contributed by atoms with van der Waals surface area (Å²) in [4.78, 5) is 14.6. The highest BCUT2D eigenvalue weighted by Gasteiger charge is 2.16. The van der Waals surface area contributed by atoms with Crippen LogP contribution in [0.1, 0.15) is 0 Å². The van der Waals surface area contributed by atoms with Gasteiger partial charge in [-0.25, -0.2) is 4.98 Å². The second kappa shape index (κ2) is 5.53. The molecule has 0 aliphatic heterocycles. The number of anilines is 3. The van der Waals surface area contributed by atoms with Crippen LogP contribution in [0, 0.1) is 10.1 Å². The van der Waals surface area contributed by atoms with Gasteiger partial charge in [-0.3, -0.25) is 10.1 Å². The van der Waals surface area contributed by atoms with E-state index < -0.39 is 4.92 Å². The Bertz CT molecular complexity index is 618. The second-order valence-electron chi connectivity index (χ2n) is 3.68. The van der Waals surface area contributed by atoms with Gasteiger partial charge in [-0.05, 0) is 18.2 Å². The number of hydrogen-bond acceptors (Lipinski definition) is 5. The predicted octanol–water partition coefficient (Wildman–Crippen LogP) is 3.43. The molecular weight excluding hydrogens is 268 g/mol. The van der Waals surface area contributed by atoms with Crippen LogP contribution in [0.3, 0.4) is 0 Å². The maximum absolute atomic E-state index is 11.0. The highest BCUT2D eigenvalue weighted by molar-refractivity contribution is 6.33. The normalized spacial score (nSPS) is 10.0. The minimum atomic E-state index is -0.494. The first-order valence-electron chi connectivity index (χ1n) is 5.46. The molecule has 2 rings (SSSR count). The van der Waals surface area contributed by atoms with E-state index in [4.69, 9.17) is 11.6 Å². The van der Waals surface area contributed by atoms with Crippen LogP contribution < -0.4 is 10.6 Å². The van der Waals surface area contributed by atoms with Gasteiger partial charge in [0, 0.05) is 13.1 Å². The van der Waals surface area contributed by atoms with E-state index in [2.05, 4.69) is 15.6 Å². The highest BCUT2D eigenvalue weighted by atomic mass is 35.5. The predicted molar refractivity (Wildman–Crippen MR) is 75.2 cm³/mol. The van der Waals surface area contributed by atoms with Crippen LogP contribution in [0.5, 0.6) is 0 Å². The van der Waals surface area contributed by atoms with Crippen molar-refractivity contribution >= 4 is 34.6 Å². The fourth-order valence-electron chi connectivity index (χ4n) is 1.52. The molecule has 2 aromatic rings. The third-order valence-electron chi connectivity index (χ3n) is 2.45. The van der Waals surface area contributed by atoms with Crippen molar-refractivity contribution in [3.63, 3.8) is 0 Å². The molecule has 0 saturated heterocycles. The van der Waals surface area contributed by atoms with Crippen molar-refractivity contribution in [2.75, 3.05) is 17.7 Å². The van der Waals surface area contributed by atoms with Gasteiger partial charge in [-0.1, -0.05) is 23.7 Å². The molecule has 1 heterocycles. The zero-order valence-corrected chi connectivity index (χ0v) is 10.8. The number of nitrogens with zero attached hydrogens (tertiary/aromatic N) is 2. The molecule has 0 amide bonds. The van der Waals surface area contributed by atoms with E-state index in [1.54, 1.807) is 31.3 Å². The van der Waals surface area contributed by atoms with Crippen LogP contribution in [0.15, 0.2) is 36.4 Å². The molecule has 7 heteroatoms. The fraction of sp³-hybridized carbons (Fsp3) is 0.0833. The summed E-state index contributed by atoms with van der Waals surface area (Å²) in [5.41, 5.74) is 0.451. The van der Waals surface area contributed by atoms with Crippen LogP contribution >= 0.6 is 11.6 Å². The molecule has 0 aliphatic rings. The first-order valence-corrected chi connectivity index (χ1v) is 5.84. The van der Waals surface area contributed by atoms with Gasteiger partial charge >= 0.3 is 5.69 Å². The van der Waals surface area contributed by atoms with E-state index in [0.29, 0.717) is 16.5 Å². The van der Waals surface area contributed by atoms with Crippen LogP contribution in [-0.2, 0) is 0 Å². The van der Waals surface area contributed by atoms with Crippen molar-refractivity contribution in [3.8, 4) is 0 Å². The number of nitro groups is 1. The molecule has 19 heavy (non-hydrogen) atoms. The van der Waals surface area contributed by atoms with Crippen molar-refractivity contribution in [1.82, 2.24) is 4.98 Å². The average molecular weight is 279 g/mol. The van der Waals surface area contributed by atoms with Gasteiger partial charge in [-0.15, -0.1) is 0 Å². The summed E-state index contributed by atoms with van der Waals surface area (Å²) in [7, 11) is 1.69. The van der Waals surface area contributed by atoms with Crippen molar-refractivity contribution < 1.29 is 4.92 Å². The number of hydrogen-bond donors (Lipinski definition) is 2. The minimum absolute atomic E-state index is 0.112. The zero-order valence-electron chi connectivity index (χ0n) is 10.1. The summed E-state index contributed by atoms with van der Waals surface area (Å²) in [5, 5.41) is 17.1. The lowest BCUT2D eigenvalue weighted by molar-refractivity contribution is -0.384. The van der Waals surface area contributed by atoms with Crippen molar-refractivity contribution in [2.45, 2.75) is 0 Å². The van der Waals surface area contributed by atoms with E-state index in [9.17, 15) is 10.1 Å². The van der Waals surface area contributed by atoms with Crippen LogP contribution in [-0.4, -0.2) is 17.0 Å². The topological polar surface area (TPSA) is 80.1 Å². The molecule has 2 N–H and O–H groups in total. The summed E-state index contributed by atoms with van der Waals surface area (Å²) >= 11 is 6.00. The Labute approximate surface area is 114 Å². The number of pyridine rings is 1. The van der Waals surface area contributed by atoms with Crippen LogP contribution in [0.25, 0.3) is 0 Å². The lowest BCUT2D eigenvalue weighted by Gasteiger charge is -2.09. The summed E-state index contributed by atoms with van der Waals surface area (Å²) in [6.45, 7) is 0. The maximum Gasteiger partial charge on any atom is 0.311 e.